The highest BCUT2D eigenvalue weighted by Crippen LogP contribution is 2.26. The van der Waals surface area contributed by atoms with Crippen molar-refractivity contribution in [1.29, 1.82) is 0 Å². The predicted molar refractivity (Wildman–Crippen MR) is 127 cm³/mol. The Morgan fingerprint density at radius 3 is 2.00 bits per heavy atom. The molecule has 1 unspecified atom stereocenters. The quantitative estimate of drug-likeness (QED) is 0.513. The van der Waals surface area contributed by atoms with Crippen LogP contribution in [0.5, 0.6) is 17.2 Å². The van der Waals surface area contributed by atoms with Crippen molar-refractivity contribution >= 4 is 17.3 Å². The average molecular weight is 459 g/mol. The first-order valence-corrected chi connectivity index (χ1v) is 9.66. The summed E-state index contributed by atoms with van der Waals surface area (Å²) < 4.78 is 32.4. The van der Waals surface area contributed by atoms with Gasteiger partial charge < -0.3 is 30.8 Å². The molecule has 0 bridgehead atoms. The number of hydrogen-bond acceptors (Lipinski definition) is 8. The number of ether oxygens (including phenoxy) is 3. The normalized spacial score (nSPS) is 9.71. The Morgan fingerprint density at radius 2 is 1.58 bits per heavy atom. The number of aliphatic hydroxyl groups is 1. The van der Waals surface area contributed by atoms with Crippen molar-refractivity contribution in [2.24, 2.45) is 5.73 Å². The Balaban J connectivity index is -0.000000424. The fourth-order valence-electron chi connectivity index (χ4n) is 2.26. The molecule has 8 nitrogen and oxygen atoms in total. The van der Waals surface area contributed by atoms with Crippen LogP contribution in [0.3, 0.4) is 0 Å². The third kappa shape index (κ3) is 14.9. The summed E-state index contributed by atoms with van der Waals surface area (Å²) in [5.41, 5.74) is 12.7. The van der Waals surface area contributed by atoms with Crippen LogP contribution in [0, 0.1) is 0 Å². The van der Waals surface area contributed by atoms with E-state index in [9.17, 15) is 0 Å². The molecule has 0 amide bonds. The van der Waals surface area contributed by atoms with Gasteiger partial charge in [-0.05, 0) is 50.1 Å². The van der Waals surface area contributed by atoms with E-state index in [1.54, 1.807) is 14.0 Å². The van der Waals surface area contributed by atoms with E-state index in [-0.39, 0.29) is 21.0 Å². The number of hydrogen-bond donors (Lipinski definition) is 3. The van der Waals surface area contributed by atoms with Crippen molar-refractivity contribution < 1.29 is 27.7 Å². The summed E-state index contributed by atoms with van der Waals surface area (Å²) >= 11 is -0.750. The molecule has 0 aliphatic rings. The van der Waals surface area contributed by atoms with Crippen molar-refractivity contribution in [3.05, 3.63) is 48.0 Å². The van der Waals surface area contributed by atoms with E-state index >= 15 is 0 Å². The minimum absolute atomic E-state index is 0. The van der Waals surface area contributed by atoms with Crippen LogP contribution in [0.4, 0.5) is 5.69 Å². The first-order chi connectivity index (χ1) is 13.9. The molecular weight excluding hydrogens is 420 g/mol. The lowest BCUT2D eigenvalue weighted by molar-refractivity contribution is 0.195. The van der Waals surface area contributed by atoms with Gasteiger partial charge in [-0.3, -0.25) is 0 Å². The first-order valence-electron chi connectivity index (χ1n) is 9.00. The second-order valence-corrected chi connectivity index (χ2v) is 5.85. The van der Waals surface area contributed by atoms with E-state index in [0.717, 1.165) is 17.1 Å². The number of para-hydroxylation sites is 2. The third-order valence-electron chi connectivity index (χ3n) is 3.35. The first kappa shape index (κ1) is 33.0. The van der Waals surface area contributed by atoms with E-state index in [4.69, 9.17) is 39.2 Å². The molecule has 0 fully saturated rings. The van der Waals surface area contributed by atoms with Crippen LogP contribution in [0.1, 0.15) is 34.3 Å². The molecule has 31 heavy (non-hydrogen) atoms. The number of methoxy groups -OCH3 is 1. The van der Waals surface area contributed by atoms with Crippen LogP contribution in [0.25, 0.3) is 0 Å². The van der Waals surface area contributed by atoms with Gasteiger partial charge in [0, 0.05) is 6.54 Å². The highest BCUT2D eigenvalue weighted by molar-refractivity contribution is 7.51. The minimum Gasteiger partial charge on any atom is -0.495 e. The van der Waals surface area contributed by atoms with Gasteiger partial charge in [0.1, 0.15) is 12.4 Å². The lowest BCUT2D eigenvalue weighted by atomic mass is 10.1. The summed E-state index contributed by atoms with van der Waals surface area (Å²) in [7, 11) is 1.58. The molecule has 1 atom stereocenters. The van der Waals surface area contributed by atoms with Gasteiger partial charge in [-0.15, -0.1) is 0 Å². The maximum absolute atomic E-state index is 9.15. The second kappa shape index (κ2) is 20.6. The van der Waals surface area contributed by atoms with Crippen LogP contribution in [-0.4, -0.2) is 46.5 Å². The average Bonchev–Trinajstić information content (AvgIpc) is 2.68. The largest absolute Gasteiger partial charge is 0.495 e. The Hall–Kier alpha value is -2.62. The topological polar surface area (TPSA) is 134 Å². The maximum atomic E-state index is 9.15. The van der Waals surface area contributed by atoms with E-state index in [0.29, 0.717) is 37.6 Å². The van der Waals surface area contributed by atoms with Crippen molar-refractivity contribution in [3.8, 4) is 17.2 Å². The van der Waals surface area contributed by atoms with E-state index in [2.05, 4.69) is 0 Å². The summed E-state index contributed by atoms with van der Waals surface area (Å²) in [6.45, 7) is 5.37. The van der Waals surface area contributed by atoms with Crippen molar-refractivity contribution in [3.63, 3.8) is 0 Å². The van der Waals surface area contributed by atoms with Crippen LogP contribution in [0.15, 0.2) is 42.5 Å². The molecule has 9 heteroatoms. The summed E-state index contributed by atoms with van der Waals surface area (Å²) in [6, 6.07) is 13.1. The Kier molecular flexibility index (Phi) is 22.0. The minimum atomic E-state index is -0.750. The standard InChI is InChI=1S/2C10H15NO2.2CH4.O2S/c1-7(12)5-8-3-4-10(13-2)9(11)6-8;1-2-12-9-5-3-4-6-10(9)13-8-7-11;;;1-3-2/h3-4,6-7,12H,5,11H2,1-2H3;3-6H,2,7-8,11H2,1H3;2*1H4;. The van der Waals surface area contributed by atoms with Crippen molar-refractivity contribution in [2.45, 2.75) is 41.2 Å². The van der Waals surface area contributed by atoms with Crippen LogP contribution in [-0.2, 0) is 18.0 Å². The molecule has 2 rings (SSSR count). The van der Waals surface area contributed by atoms with Crippen molar-refractivity contribution in [1.82, 2.24) is 0 Å². The molecule has 0 saturated heterocycles. The van der Waals surface area contributed by atoms with Gasteiger partial charge in [-0.25, -0.2) is 0 Å². The zero-order valence-corrected chi connectivity index (χ0v) is 17.8. The van der Waals surface area contributed by atoms with E-state index < -0.39 is 11.6 Å². The molecule has 0 radical (unpaired) electrons. The van der Waals surface area contributed by atoms with Gasteiger partial charge in [0.05, 0.1) is 25.5 Å². The SMILES string of the molecule is C.C.CCOc1ccccc1OCCN.COc1ccc(CC(C)O)cc1N.O=S=O. The number of aliphatic hydroxyl groups excluding tert-OH is 1. The van der Waals surface area contributed by atoms with Crippen LogP contribution >= 0.6 is 0 Å². The number of rotatable bonds is 8. The molecule has 0 aliphatic carbocycles. The lowest BCUT2D eigenvalue weighted by Gasteiger charge is -2.10. The molecule has 0 aliphatic heterocycles. The molecule has 5 N–H and O–H groups in total. The third-order valence-corrected chi connectivity index (χ3v) is 3.35. The van der Waals surface area contributed by atoms with Gasteiger partial charge in [0.2, 0.25) is 0 Å². The fraction of sp³-hybridized carbons (Fsp3) is 0.455. The smallest absolute Gasteiger partial charge is 0.335 e. The van der Waals surface area contributed by atoms with E-state index in [1.807, 2.05) is 49.4 Å². The summed E-state index contributed by atoms with van der Waals surface area (Å²) in [5.74, 6) is 2.21. The highest BCUT2D eigenvalue weighted by Gasteiger charge is 2.03. The predicted octanol–water partition coefficient (Wildman–Crippen LogP) is 3.23. The van der Waals surface area contributed by atoms with Crippen molar-refractivity contribution in [2.75, 3.05) is 32.6 Å². The fourth-order valence-corrected chi connectivity index (χ4v) is 2.26. The molecule has 0 saturated carbocycles. The van der Waals surface area contributed by atoms with Gasteiger partial charge in [-0.1, -0.05) is 33.1 Å². The molecule has 0 aromatic heterocycles. The summed E-state index contributed by atoms with van der Waals surface area (Å²) in [5, 5.41) is 9.15. The van der Waals surface area contributed by atoms with Gasteiger partial charge in [0.15, 0.2) is 11.5 Å². The number of nitrogens with two attached hydrogens (primary N) is 2. The molecule has 0 spiro atoms. The Labute approximate surface area is 190 Å². The lowest BCUT2D eigenvalue weighted by Crippen LogP contribution is -2.11. The van der Waals surface area contributed by atoms with Gasteiger partial charge >= 0.3 is 11.6 Å². The highest BCUT2D eigenvalue weighted by atomic mass is 32.1. The van der Waals surface area contributed by atoms with E-state index in [1.165, 1.54) is 0 Å². The second-order valence-electron chi connectivity index (χ2n) is 5.71. The molecule has 2 aromatic carbocycles. The number of benzene rings is 2. The molecule has 2 aromatic rings. The Morgan fingerprint density at radius 1 is 1.03 bits per heavy atom. The molecule has 0 heterocycles. The molecule has 178 valence electrons. The number of anilines is 1. The molecular formula is C22H38N2O6S. The van der Waals surface area contributed by atoms with Gasteiger partial charge in [-0.2, -0.15) is 8.42 Å². The van der Waals surface area contributed by atoms with Crippen LogP contribution in [0.2, 0.25) is 0 Å². The zero-order valence-electron chi connectivity index (χ0n) is 17.0. The zero-order chi connectivity index (χ0) is 22.1. The monoisotopic (exact) mass is 458 g/mol. The summed E-state index contributed by atoms with van der Waals surface area (Å²) in [6.07, 6.45) is 0.279. The van der Waals surface area contributed by atoms with Gasteiger partial charge in [0.25, 0.3) is 0 Å². The Bertz CT molecular complexity index is 738. The van der Waals surface area contributed by atoms with Crippen LogP contribution < -0.4 is 25.7 Å². The number of nitrogen functional groups attached to an aromatic ring is 1. The summed E-state index contributed by atoms with van der Waals surface area (Å²) in [4.78, 5) is 0. The maximum Gasteiger partial charge on any atom is 0.335 e.